The second-order valence-corrected chi connectivity index (χ2v) is 17.4. The average molecular weight is 875 g/mol. The molecule has 1 aliphatic heterocycles. The number of esters is 1. The number of hydrogen-bond acceptors (Lipinski definition) is 11. The van der Waals surface area contributed by atoms with Crippen LogP contribution in [0.5, 0.6) is 0 Å². The molecule has 13 heteroatoms. The Labute approximate surface area is 364 Å². The Morgan fingerprint density at radius 3 is 1.68 bits per heavy atom. The van der Waals surface area contributed by atoms with Crippen LogP contribution in [-0.2, 0) is 38.3 Å². The summed E-state index contributed by atoms with van der Waals surface area (Å²) in [6.45, 7) is 3.87. The second kappa shape index (κ2) is 39.0. The van der Waals surface area contributed by atoms with E-state index in [4.69, 9.17) is 23.5 Å². The predicted octanol–water partition coefficient (Wildman–Crippen LogP) is 10.2. The lowest BCUT2D eigenvalue weighted by atomic mass is 9.99. The molecule has 6 atom stereocenters. The number of carbonyl (C=O) groups excluding carboxylic acids is 1. The van der Waals surface area contributed by atoms with Gasteiger partial charge in [0.25, 0.3) is 0 Å². The molecule has 352 valence electrons. The average Bonchev–Trinajstić information content (AvgIpc) is 3.22. The van der Waals surface area contributed by atoms with Crippen molar-refractivity contribution in [2.45, 2.75) is 230 Å². The summed E-state index contributed by atoms with van der Waals surface area (Å²) in [5, 5.41) is 30.7. The molecular formula is C47H86O12S. The fourth-order valence-corrected chi connectivity index (χ4v) is 7.73. The molecule has 1 fully saturated rings. The van der Waals surface area contributed by atoms with E-state index in [1.54, 1.807) is 0 Å². The summed E-state index contributed by atoms with van der Waals surface area (Å²) >= 11 is 0. The molecule has 0 aromatic carbocycles. The summed E-state index contributed by atoms with van der Waals surface area (Å²) in [5.41, 5.74) is 0. The van der Waals surface area contributed by atoms with E-state index in [2.05, 4.69) is 54.5 Å². The molecule has 0 bridgehead atoms. The second-order valence-electron chi connectivity index (χ2n) is 16.3. The van der Waals surface area contributed by atoms with Gasteiger partial charge < -0.3 is 34.3 Å². The first-order valence-electron chi connectivity index (χ1n) is 23.7. The third-order valence-electron chi connectivity index (χ3n) is 10.8. The van der Waals surface area contributed by atoms with Crippen molar-refractivity contribution in [1.82, 2.24) is 0 Å². The van der Waals surface area contributed by atoms with Gasteiger partial charge in [0.1, 0.15) is 30.5 Å². The minimum absolute atomic E-state index is 0.0293. The van der Waals surface area contributed by atoms with Gasteiger partial charge >= 0.3 is 16.4 Å². The molecule has 0 radical (unpaired) electrons. The molecule has 0 spiro atoms. The van der Waals surface area contributed by atoms with E-state index < -0.39 is 59.8 Å². The van der Waals surface area contributed by atoms with Gasteiger partial charge in [0, 0.05) is 13.0 Å². The van der Waals surface area contributed by atoms with Gasteiger partial charge in [0.2, 0.25) is 0 Å². The van der Waals surface area contributed by atoms with Crippen molar-refractivity contribution in [2.75, 3.05) is 26.4 Å². The molecule has 1 saturated heterocycles. The maximum absolute atomic E-state index is 12.9. The van der Waals surface area contributed by atoms with E-state index in [1.165, 1.54) is 96.3 Å². The number of aliphatic hydroxyl groups is 3. The summed E-state index contributed by atoms with van der Waals surface area (Å²) in [4.78, 5) is 12.9. The van der Waals surface area contributed by atoms with Crippen LogP contribution < -0.4 is 0 Å². The molecule has 12 nitrogen and oxygen atoms in total. The van der Waals surface area contributed by atoms with Gasteiger partial charge in [-0.05, 0) is 44.9 Å². The number of hydrogen-bond donors (Lipinski definition) is 4. The highest BCUT2D eigenvalue weighted by molar-refractivity contribution is 7.80. The lowest BCUT2D eigenvalue weighted by Gasteiger charge is -2.41. The lowest BCUT2D eigenvalue weighted by Crippen LogP contribution is -2.60. The molecule has 1 heterocycles. The number of aliphatic hydroxyl groups excluding tert-OH is 3. The Morgan fingerprint density at radius 2 is 1.15 bits per heavy atom. The van der Waals surface area contributed by atoms with Gasteiger partial charge in [-0.2, -0.15) is 8.42 Å². The Bertz CT molecular complexity index is 1190. The SMILES string of the molecule is CC/C=C\C/C=C\C/C=C\CCCCCCCCOCC(COC1OC(CO)C(O)C(OS(=O)(=O)O)C1O)OC(=O)CCCCCCCCCCCCCCCCCCC. The topological polar surface area (TPSA) is 178 Å². The van der Waals surface area contributed by atoms with Gasteiger partial charge in [-0.25, -0.2) is 4.18 Å². The van der Waals surface area contributed by atoms with E-state index in [9.17, 15) is 28.5 Å². The third-order valence-corrected chi connectivity index (χ3v) is 11.2. The highest BCUT2D eigenvalue weighted by Crippen LogP contribution is 2.26. The van der Waals surface area contributed by atoms with Crippen LogP contribution in [0.25, 0.3) is 0 Å². The fraction of sp³-hybridized carbons (Fsp3) is 0.851. The zero-order valence-electron chi connectivity index (χ0n) is 37.5. The van der Waals surface area contributed by atoms with Crippen molar-refractivity contribution < 1.29 is 56.2 Å². The molecule has 60 heavy (non-hydrogen) atoms. The molecule has 1 rings (SSSR count). The summed E-state index contributed by atoms with van der Waals surface area (Å²) < 4.78 is 59.1. The van der Waals surface area contributed by atoms with E-state index >= 15 is 0 Å². The minimum Gasteiger partial charge on any atom is -0.457 e. The van der Waals surface area contributed by atoms with Gasteiger partial charge in [0.05, 0.1) is 19.8 Å². The molecule has 0 aromatic rings. The zero-order chi connectivity index (χ0) is 43.9. The number of carbonyl (C=O) groups is 1. The summed E-state index contributed by atoms with van der Waals surface area (Å²) in [6.07, 6.45) is 36.0. The maximum Gasteiger partial charge on any atom is 0.397 e. The molecule has 0 saturated carbocycles. The van der Waals surface area contributed by atoms with Crippen LogP contribution in [0.4, 0.5) is 0 Å². The van der Waals surface area contributed by atoms with Crippen LogP contribution in [-0.4, -0.2) is 97.5 Å². The van der Waals surface area contributed by atoms with E-state index in [-0.39, 0.29) is 19.6 Å². The smallest absolute Gasteiger partial charge is 0.397 e. The Morgan fingerprint density at radius 1 is 0.650 bits per heavy atom. The third kappa shape index (κ3) is 32.1. The highest BCUT2D eigenvalue weighted by Gasteiger charge is 2.48. The van der Waals surface area contributed by atoms with Crippen molar-refractivity contribution >= 4 is 16.4 Å². The predicted molar refractivity (Wildman–Crippen MR) is 239 cm³/mol. The number of ether oxygens (including phenoxy) is 4. The van der Waals surface area contributed by atoms with Gasteiger partial charge in [-0.3, -0.25) is 9.35 Å². The molecular weight excluding hydrogens is 789 g/mol. The maximum atomic E-state index is 12.9. The minimum atomic E-state index is -5.06. The number of unbranched alkanes of at least 4 members (excludes halogenated alkanes) is 22. The Kier molecular flexibility index (Phi) is 36.6. The van der Waals surface area contributed by atoms with Crippen LogP contribution in [0.1, 0.15) is 194 Å². The Hall–Kier alpha value is -1.68. The molecule has 6 unspecified atom stereocenters. The highest BCUT2D eigenvalue weighted by atomic mass is 32.3. The lowest BCUT2D eigenvalue weighted by molar-refractivity contribution is -0.301. The molecule has 0 aromatic heterocycles. The van der Waals surface area contributed by atoms with Crippen LogP contribution in [0.2, 0.25) is 0 Å². The van der Waals surface area contributed by atoms with Crippen molar-refractivity contribution in [2.24, 2.45) is 0 Å². The largest absolute Gasteiger partial charge is 0.457 e. The normalized spacial score (nSPS) is 20.5. The van der Waals surface area contributed by atoms with Gasteiger partial charge in [0.15, 0.2) is 6.29 Å². The van der Waals surface area contributed by atoms with E-state index in [0.717, 1.165) is 70.6 Å². The molecule has 1 aliphatic rings. The van der Waals surface area contributed by atoms with Crippen LogP contribution in [0, 0.1) is 0 Å². The van der Waals surface area contributed by atoms with Gasteiger partial charge in [-0.15, -0.1) is 0 Å². The van der Waals surface area contributed by atoms with E-state index in [1.807, 2.05) is 0 Å². The molecule has 0 aliphatic carbocycles. The van der Waals surface area contributed by atoms with Crippen LogP contribution in [0.3, 0.4) is 0 Å². The van der Waals surface area contributed by atoms with Crippen molar-refractivity contribution in [3.8, 4) is 0 Å². The fourth-order valence-electron chi connectivity index (χ4n) is 7.22. The quantitative estimate of drug-likeness (QED) is 0.0198. The molecule has 0 amide bonds. The van der Waals surface area contributed by atoms with Crippen LogP contribution >= 0.6 is 0 Å². The monoisotopic (exact) mass is 875 g/mol. The summed E-state index contributed by atoms with van der Waals surface area (Å²) in [7, 11) is -5.06. The van der Waals surface area contributed by atoms with Crippen LogP contribution in [0.15, 0.2) is 36.5 Å². The first kappa shape index (κ1) is 56.3. The number of rotatable bonds is 41. The first-order valence-corrected chi connectivity index (χ1v) is 25.1. The van der Waals surface area contributed by atoms with Crippen molar-refractivity contribution in [3.63, 3.8) is 0 Å². The zero-order valence-corrected chi connectivity index (χ0v) is 38.3. The van der Waals surface area contributed by atoms with Crippen molar-refractivity contribution in [3.05, 3.63) is 36.5 Å². The van der Waals surface area contributed by atoms with Crippen molar-refractivity contribution in [1.29, 1.82) is 0 Å². The molecule has 4 N–H and O–H groups in total. The van der Waals surface area contributed by atoms with E-state index in [0.29, 0.717) is 13.0 Å². The number of allylic oxidation sites excluding steroid dienone is 6. The summed E-state index contributed by atoms with van der Waals surface area (Å²) in [6, 6.07) is 0. The standard InChI is InChI=1S/C47H86O12S/c1-3-5-7-9-11-13-15-17-19-21-22-24-26-28-30-32-34-36-43(49)57-41(40-56-47-45(51)46(59-60(52,53)54)44(50)42(38-48)58-47)39-55-37-35-33-31-29-27-25-23-20-18-16-14-12-10-8-6-4-2/h6,8,12,14,18,20,41-42,44-48,50-51H,3-5,7,9-11,13,15-17,19,21-40H2,1-2H3,(H,52,53,54)/b8-6-,14-12-,20-18-. The first-order chi connectivity index (χ1) is 29.1. The Balaban J connectivity index is 2.41. The summed E-state index contributed by atoms with van der Waals surface area (Å²) in [5.74, 6) is -0.402. The van der Waals surface area contributed by atoms with Gasteiger partial charge in [-0.1, -0.05) is 179 Å².